The van der Waals surface area contributed by atoms with Gasteiger partial charge >= 0.3 is 5.97 Å². The molecule has 1 aromatic carbocycles. The Labute approximate surface area is 138 Å². The number of hydrogen-bond acceptors (Lipinski definition) is 5. The summed E-state index contributed by atoms with van der Waals surface area (Å²) in [5, 5.41) is 7.44. The molecule has 0 bridgehead atoms. The lowest BCUT2D eigenvalue weighted by Crippen LogP contribution is -2.71. The van der Waals surface area contributed by atoms with Crippen LogP contribution in [-0.2, 0) is 30.3 Å². The first-order valence-electron chi connectivity index (χ1n) is 7.46. The number of hydrogen-bond donors (Lipinski definition) is 3. The number of esters is 1. The Hall–Kier alpha value is -2.90. The summed E-state index contributed by atoms with van der Waals surface area (Å²) < 4.78 is 4.88. The summed E-state index contributed by atoms with van der Waals surface area (Å²) in [6.07, 6.45) is -0.618. The first kappa shape index (κ1) is 17.5. The number of carbonyl (C=O) groups excluding carboxylic acids is 4. The van der Waals surface area contributed by atoms with Gasteiger partial charge in [0, 0.05) is 20.3 Å². The van der Waals surface area contributed by atoms with Crippen LogP contribution in [0.15, 0.2) is 30.3 Å². The Kier molecular flexibility index (Phi) is 5.51. The normalized spacial score (nSPS) is 20.2. The van der Waals surface area contributed by atoms with Gasteiger partial charge in [0.15, 0.2) is 6.04 Å². The summed E-state index contributed by atoms with van der Waals surface area (Å²) in [6.45, 7) is 2.52. The van der Waals surface area contributed by atoms with Gasteiger partial charge in [0.1, 0.15) is 6.04 Å². The van der Waals surface area contributed by atoms with Crippen LogP contribution in [0.1, 0.15) is 19.4 Å². The Bertz CT molecular complexity index is 646. The number of β-lactam (4-membered cyclic amide) rings is 1. The number of ether oxygens (including phenoxy) is 1. The smallest absolute Gasteiger partial charge is 0.304 e. The van der Waals surface area contributed by atoms with Crippen LogP contribution in [0.2, 0.25) is 0 Å². The number of benzene rings is 1. The van der Waals surface area contributed by atoms with Crippen molar-refractivity contribution in [1.29, 1.82) is 0 Å². The van der Waals surface area contributed by atoms with E-state index in [0.29, 0.717) is 0 Å². The van der Waals surface area contributed by atoms with E-state index in [4.69, 9.17) is 4.74 Å². The van der Waals surface area contributed by atoms with Crippen LogP contribution in [-0.4, -0.2) is 42.0 Å². The van der Waals surface area contributed by atoms with E-state index >= 15 is 0 Å². The minimum atomic E-state index is -0.964. The number of rotatable bonds is 6. The highest BCUT2D eigenvalue weighted by Gasteiger charge is 2.43. The Morgan fingerprint density at radius 2 is 1.88 bits per heavy atom. The summed E-state index contributed by atoms with van der Waals surface area (Å²) >= 11 is 0. The lowest BCUT2D eigenvalue weighted by atomic mass is 10.0. The van der Waals surface area contributed by atoms with Gasteiger partial charge < -0.3 is 20.7 Å². The van der Waals surface area contributed by atoms with Gasteiger partial charge in [0.05, 0.1) is 0 Å². The van der Waals surface area contributed by atoms with Gasteiger partial charge in [-0.1, -0.05) is 30.3 Å². The fraction of sp³-hybridized carbons (Fsp3) is 0.375. The van der Waals surface area contributed by atoms with E-state index in [1.54, 1.807) is 0 Å². The second-order valence-corrected chi connectivity index (χ2v) is 5.47. The summed E-state index contributed by atoms with van der Waals surface area (Å²) in [5.41, 5.74) is 0.862. The van der Waals surface area contributed by atoms with Gasteiger partial charge in [-0.05, 0) is 5.56 Å². The van der Waals surface area contributed by atoms with Crippen molar-refractivity contribution in [2.45, 2.75) is 38.6 Å². The monoisotopic (exact) mass is 333 g/mol. The average molecular weight is 333 g/mol. The van der Waals surface area contributed by atoms with Crippen molar-refractivity contribution in [3.05, 3.63) is 35.9 Å². The highest BCUT2D eigenvalue weighted by Crippen LogP contribution is 2.10. The van der Waals surface area contributed by atoms with E-state index in [0.717, 1.165) is 5.56 Å². The van der Waals surface area contributed by atoms with Crippen LogP contribution in [0.5, 0.6) is 0 Å². The van der Waals surface area contributed by atoms with Gasteiger partial charge in [-0.25, -0.2) is 0 Å². The Morgan fingerprint density at radius 3 is 2.42 bits per heavy atom. The van der Waals surface area contributed by atoms with Crippen molar-refractivity contribution >= 4 is 23.7 Å². The van der Waals surface area contributed by atoms with Crippen LogP contribution < -0.4 is 16.0 Å². The summed E-state index contributed by atoms with van der Waals surface area (Å²) in [4.78, 5) is 46.3. The lowest BCUT2D eigenvalue weighted by Gasteiger charge is -2.36. The maximum absolute atomic E-state index is 12.4. The molecule has 0 unspecified atom stereocenters. The van der Waals surface area contributed by atoms with Crippen LogP contribution in [0.4, 0.5) is 0 Å². The molecule has 1 heterocycles. The molecule has 2 rings (SSSR count). The molecule has 0 saturated carbocycles. The molecule has 1 fully saturated rings. The third kappa shape index (κ3) is 4.55. The SMILES string of the molecule is CC(=O)N[C@@H](Cc1ccccc1)C(=O)N[C@@H]1C(=O)N[C@H]1OC(C)=O. The summed E-state index contributed by atoms with van der Waals surface area (Å²) in [7, 11) is 0. The van der Waals surface area contributed by atoms with E-state index < -0.39 is 36.1 Å². The zero-order chi connectivity index (χ0) is 17.7. The molecule has 3 N–H and O–H groups in total. The molecular weight excluding hydrogens is 314 g/mol. The van der Waals surface area contributed by atoms with Crippen molar-refractivity contribution in [3.8, 4) is 0 Å². The van der Waals surface area contributed by atoms with E-state index in [1.165, 1.54) is 13.8 Å². The van der Waals surface area contributed by atoms with Crippen molar-refractivity contribution in [2.24, 2.45) is 0 Å². The highest BCUT2D eigenvalue weighted by molar-refractivity contribution is 5.95. The van der Waals surface area contributed by atoms with Crippen LogP contribution in [0.3, 0.4) is 0 Å². The highest BCUT2D eigenvalue weighted by atomic mass is 16.6. The predicted octanol–water partition coefficient (Wildman–Crippen LogP) is -0.762. The van der Waals surface area contributed by atoms with Gasteiger partial charge in [-0.2, -0.15) is 0 Å². The fourth-order valence-corrected chi connectivity index (χ4v) is 2.33. The molecule has 3 amide bonds. The molecule has 0 aromatic heterocycles. The molecule has 1 aromatic rings. The van der Waals surface area contributed by atoms with Crippen molar-refractivity contribution < 1.29 is 23.9 Å². The Morgan fingerprint density at radius 1 is 1.21 bits per heavy atom. The molecule has 0 aliphatic carbocycles. The standard InChI is InChI=1S/C16H19N3O5/c1-9(20)17-12(8-11-6-4-3-5-7-11)14(22)18-13-15(23)19-16(13)24-10(2)21/h3-7,12-13,16H,8H2,1-2H3,(H,17,20)(H,18,22)(H,19,23)/t12-,13+,16-/m0/s1. The van der Waals surface area contributed by atoms with Crippen LogP contribution in [0.25, 0.3) is 0 Å². The third-order valence-electron chi connectivity index (χ3n) is 3.44. The summed E-state index contributed by atoms with van der Waals surface area (Å²) in [5.74, 6) is -1.90. The molecule has 3 atom stereocenters. The van der Waals surface area contributed by atoms with Gasteiger partial charge in [0.25, 0.3) is 5.91 Å². The second kappa shape index (κ2) is 7.58. The molecule has 0 spiro atoms. The lowest BCUT2D eigenvalue weighted by molar-refractivity contribution is -0.164. The number of amides is 3. The molecular formula is C16H19N3O5. The molecule has 128 valence electrons. The number of nitrogens with one attached hydrogen (secondary N) is 3. The first-order chi connectivity index (χ1) is 11.4. The van der Waals surface area contributed by atoms with E-state index in [1.807, 2.05) is 30.3 Å². The Balaban J connectivity index is 2.03. The van der Waals surface area contributed by atoms with Gasteiger partial charge in [0.2, 0.25) is 18.0 Å². The minimum absolute atomic E-state index is 0.277. The topological polar surface area (TPSA) is 114 Å². The molecule has 8 nitrogen and oxygen atoms in total. The largest absolute Gasteiger partial charge is 0.439 e. The second-order valence-electron chi connectivity index (χ2n) is 5.47. The quantitative estimate of drug-likeness (QED) is 0.468. The third-order valence-corrected chi connectivity index (χ3v) is 3.44. The van der Waals surface area contributed by atoms with E-state index in [-0.39, 0.29) is 12.3 Å². The predicted molar refractivity (Wildman–Crippen MR) is 83.4 cm³/mol. The fourth-order valence-electron chi connectivity index (χ4n) is 2.33. The van der Waals surface area contributed by atoms with Crippen molar-refractivity contribution in [3.63, 3.8) is 0 Å². The zero-order valence-electron chi connectivity index (χ0n) is 13.4. The van der Waals surface area contributed by atoms with Gasteiger partial charge in [-0.15, -0.1) is 0 Å². The van der Waals surface area contributed by atoms with E-state index in [9.17, 15) is 19.2 Å². The molecule has 1 aliphatic heterocycles. The van der Waals surface area contributed by atoms with Crippen LogP contribution >= 0.6 is 0 Å². The molecule has 0 radical (unpaired) electrons. The summed E-state index contributed by atoms with van der Waals surface area (Å²) in [6, 6.07) is 7.37. The van der Waals surface area contributed by atoms with Crippen LogP contribution in [0, 0.1) is 0 Å². The molecule has 8 heteroatoms. The van der Waals surface area contributed by atoms with Gasteiger partial charge in [-0.3, -0.25) is 19.2 Å². The van der Waals surface area contributed by atoms with Crippen molar-refractivity contribution in [2.75, 3.05) is 0 Å². The average Bonchev–Trinajstić information content (AvgIpc) is 2.51. The number of carbonyl (C=O) groups is 4. The maximum atomic E-state index is 12.4. The minimum Gasteiger partial charge on any atom is -0.439 e. The maximum Gasteiger partial charge on any atom is 0.304 e. The molecule has 24 heavy (non-hydrogen) atoms. The van der Waals surface area contributed by atoms with E-state index in [2.05, 4.69) is 16.0 Å². The molecule has 1 saturated heterocycles. The molecule has 1 aliphatic rings. The first-order valence-corrected chi connectivity index (χ1v) is 7.46. The van der Waals surface area contributed by atoms with Crippen molar-refractivity contribution in [1.82, 2.24) is 16.0 Å². The zero-order valence-corrected chi connectivity index (χ0v) is 13.4.